The first-order chi connectivity index (χ1) is 12.6. The molecule has 26 heavy (non-hydrogen) atoms. The normalized spacial score (nSPS) is 10.2. The molecule has 5 nitrogen and oxygen atoms in total. The number of nitrogens with one attached hydrogen (secondary N) is 2. The highest BCUT2D eigenvalue weighted by atomic mass is 32.2. The SMILES string of the molecule is CCOc1ccc(NC(=O)CNC(=O)CSCc2ccc(C)cc2)cc1. The van der Waals surface area contributed by atoms with Gasteiger partial charge in [-0.25, -0.2) is 0 Å². The summed E-state index contributed by atoms with van der Waals surface area (Å²) in [6, 6.07) is 15.3. The van der Waals surface area contributed by atoms with E-state index in [0.717, 1.165) is 11.5 Å². The average molecular weight is 372 g/mol. The van der Waals surface area contributed by atoms with Crippen molar-refractivity contribution in [3.63, 3.8) is 0 Å². The van der Waals surface area contributed by atoms with Crippen LogP contribution in [0.15, 0.2) is 48.5 Å². The van der Waals surface area contributed by atoms with E-state index in [2.05, 4.69) is 34.9 Å². The van der Waals surface area contributed by atoms with Crippen molar-refractivity contribution in [2.75, 3.05) is 24.2 Å². The third-order valence-corrected chi connectivity index (χ3v) is 4.52. The first kappa shape index (κ1) is 19.8. The van der Waals surface area contributed by atoms with Crippen molar-refractivity contribution in [3.8, 4) is 5.75 Å². The Hall–Kier alpha value is -2.47. The molecule has 2 amide bonds. The van der Waals surface area contributed by atoms with Crippen molar-refractivity contribution in [2.45, 2.75) is 19.6 Å². The second kappa shape index (κ2) is 10.5. The van der Waals surface area contributed by atoms with Gasteiger partial charge < -0.3 is 15.4 Å². The maximum atomic E-state index is 11.9. The molecule has 0 atom stereocenters. The van der Waals surface area contributed by atoms with E-state index in [0.29, 0.717) is 18.0 Å². The van der Waals surface area contributed by atoms with Crippen molar-refractivity contribution >= 4 is 29.3 Å². The first-order valence-electron chi connectivity index (χ1n) is 8.49. The maximum Gasteiger partial charge on any atom is 0.243 e. The molecule has 0 radical (unpaired) electrons. The maximum absolute atomic E-state index is 11.9. The minimum absolute atomic E-state index is 0.0445. The van der Waals surface area contributed by atoms with Gasteiger partial charge in [-0.3, -0.25) is 9.59 Å². The van der Waals surface area contributed by atoms with E-state index in [1.807, 2.05) is 13.8 Å². The highest BCUT2D eigenvalue weighted by Gasteiger charge is 2.06. The lowest BCUT2D eigenvalue weighted by molar-refractivity contribution is -0.122. The second-order valence-electron chi connectivity index (χ2n) is 5.76. The molecule has 2 rings (SSSR count). The Morgan fingerprint density at radius 2 is 1.69 bits per heavy atom. The molecule has 0 aliphatic carbocycles. The highest BCUT2D eigenvalue weighted by molar-refractivity contribution is 7.99. The van der Waals surface area contributed by atoms with E-state index < -0.39 is 0 Å². The van der Waals surface area contributed by atoms with Gasteiger partial charge in [0.1, 0.15) is 5.75 Å². The molecule has 0 spiro atoms. The van der Waals surface area contributed by atoms with E-state index in [4.69, 9.17) is 4.74 Å². The number of carbonyl (C=O) groups is 2. The van der Waals surface area contributed by atoms with Crippen LogP contribution in [0.3, 0.4) is 0 Å². The van der Waals surface area contributed by atoms with E-state index >= 15 is 0 Å². The number of aryl methyl sites for hydroxylation is 1. The number of benzene rings is 2. The molecule has 0 heterocycles. The smallest absolute Gasteiger partial charge is 0.243 e. The number of carbonyl (C=O) groups excluding carboxylic acids is 2. The van der Waals surface area contributed by atoms with Gasteiger partial charge in [0.05, 0.1) is 18.9 Å². The number of anilines is 1. The van der Waals surface area contributed by atoms with Crippen molar-refractivity contribution < 1.29 is 14.3 Å². The third kappa shape index (κ3) is 7.19. The highest BCUT2D eigenvalue weighted by Crippen LogP contribution is 2.15. The molecular formula is C20H24N2O3S. The van der Waals surface area contributed by atoms with Gasteiger partial charge in [0, 0.05) is 11.4 Å². The van der Waals surface area contributed by atoms with Gasteiger partial charge in [0.2, 0.25) is 11.8 Å². The molecule has 2 aromatic rings. The summed E-state index contributed by atoms with van der Waals surface area (Å²) in [5, 5.41) is 5.37. The van der Waals surface area contributed by atoms with E-state index in [9.17, 15) is 9.59 Å². The standard InChI is InChI=1S/C20H24N2O3S/c1-3-25-18-10-8-17(9-11-18)22-19(23)12-21-20(24)14-26-13-16-6-4-15(2)5-7-16/h4-11H,3,12-14H2,1-2H3,(H,21,24)(H,22,23). The van der Waals surface area contributed by atoms with E-state index in [1.54, 1.807) is 24.3 Å². The van der Waals surface area contributed by atoms with Crippen molar-refractivity contribution in [2.24, 2.45) is 0 Å². The lowest BCUT2D eigenvalue weighted by Gasteiger charge is -2.08. The van der Waals surface area contributed by atoms with Crippen LogP contribution in [0.4, 0.5) is 5.69 Å². The summed E-state index contributed by atoms with van der Waals surface area (Å²) in [4.78, 5) is 23.7. The van der Waals surface area contributed by atoms with Crippen LogP contribution >= 0.6 is 11.8 Å². The number of thioether (sulfide) groups is 1. The Morgan fingerprint density at radius 1 is 1.00 bits per heavy atom. The fourth-order valence-corrected chi connectivity index (χ4v) is 3.00. The van der Waals surface area contributed by atoms with Gasteiger partial charge in [0.25, 0.3) is 0 Å². The average Bonchev–Trinajstić information content (AvgIpc) is 2.63. The van der Waals surface area contributed by atoms with Crippen LogP contribution in [-0.2, 0) is 15.3 Å². The lowest BCUT2D eigenvalue weighted by atomic mass is 10.2. The van der Waals surface area contributed by atoms with Crippen LogP contribution in [0.1, 0.15) is 18.1 Å². The molecule has 138 valence electrons. The zero-order chi connectivity index (χ0) is 18.8. The minimum atomic E-state index is -0.258. The number of hydrogen-bond acceptors (Lipinski definition) is 4. The summed E-state index contributed by atoms with van der Waals surface area (Å²) in [5.74, 6) is 1.44. The fraction of sp³-hybridized carbons (Fsp3) is 0.300. The predicted molar refractivity (Wildman–Crippen MR) is 107 cm³/mol. The molecule has 0 aliphatic rings. The zero-order valence-corrected chi connectivity index (χ0v) is 15.9. The third-order valence-electron chi connectivity index (χ3n) is 3.52. The number of ether oxygens (including phenoxy) is 1. The van der Waals surface area contributed by atoms with Gasteiger partial charge in [-0.1, -0.05) is 29.8 Å². The van der Waals surface area contributed by atoms with Crippen LogP contribution in [0.5, 0.6) is 5.75 Å². The van der Waals surface area contributed by atoms with Gasteiger partial charge in [-0.15, -0.1) is 11.8 Å². The Labute approximate surface area is 158 Å². The van der Waals surface area contributed by atoms with Gasteiger partial charge >= 0.3 is 0 Å². The quantitative estimate of drug-likeness (QED) is 0.708. The second-order valence-corrected chi connectivity index (χ2v) is 6.75. The zero-order valence-electron chi connectivity index (χ0n) is 15.1. The Bertz CT molecular complexity index is 715. The van der Waals surface area contributed by atoms with E-state index in [-0.39, 0.29) is 18.4 Å². The molecule has 0 aliphatic heterocycles. The Balaban J connectivity index is 1.64. The molecule has 6 heteroatoms. The van der Waals surface area contributed by atoms with Crippen LogP contribution in [-0.4, -0.2) is 30.7 Å². The number of hydrogen-bond donors (Lipinski definition) is 2. The van der Waals surface area contributed by atoms with Crippen molar-refractivity contribution in [3.05, 3.63) is 59.7 Å². The number of rotatable bonds is 9. The van der Waals surface area contributed by atoms with Crippen LogP contribution < -0.4 is 15.4 Å². The summed E-state index contributed by atoms with van der Waals surface area (Å²) in [5.41, 5.74) is 3.07. The molecule has 0 aromatic heterocycles. The predicted octanol–water partition coefficient (Wildman–Crippen LogP) is 3.38. The van der Waals surface area contributed by atoms with Crippen LogP contribution in [0.25, 0.3) is 0 Å². The Kier molecular flexibility index (Phi) is 8.02. The van der Waals surface area contributed by atoms with Crippen molar-refractivity contribution in [1.82, 2.24) is 5.32 Å². The number of amides is 2. The molecule has 0 bridgehead atoms. The summed E-state index contributed by atoms with van der Waals surface area (Å²) in [7, 11) is 0. The van der Waals surface area contributed by atoms with Gasteiger partial charge in [-0.2, -0.15) is 0 Å². The molecule has 0 saturated heterocycles. The molecule has 0 saturated carbocycles. The van der Waals surface area contributed by atoms with Gasteiger partial charge in [0.15, 0.2) is 0 Å². The fourth-order valence-electron chi connectivity index (χ4n) is 2.18. The molecule has 0 unspecified atom stereocenters. The molecule has 2 N–H and O–H groups in total. The first-order valence-corrected chi connectivity index (χ1v) is 9.65. The largest absolute Gasteiger partial charge is 0.494 e. The van der Waals surface area contributed by atoms with Crippen LogP contribution in [0.2, 0.25) is 0 Å². The monoisotopic (exact) mass is 372 g/mol. The molecular weight excluding hydrogens is 348 g/mol. The summed E-state index contributed by atoms with van der Waals surface area (Å²) < 4.78 is 5.35. The van der Waals surface area contributed by atoms with Crippen LogP contribution in [0, 0.1) is 6.92 Å². The summed E-state index contributed by atoms with van der Waals surface area (Å²) in [6.45, 7) is 4.51. The van der Waals surface area contributed by atoms with E-state index in [1.165, 1.54) is 22.9 Å². The minimum Gasteiger partial charge on any atom is -0.494 e. The van der Waals surface area contributed by atoms with Crippen molar-refractivity contribution in [1.29, 1.82) is 0 Å². The summed E-state index contributed by atoms with van der Waals surface area (Å²) in [6.07, 6.45) is 0. The topological polar surface area (TPSA) is 67.4 Å². The molecule has 0 fully saturated rings. The Morgan fingerprint density at radius 3 is 2.35 bits per heavy atom. The summed E-state index contributed by atoms with van der Waals surface area (Å²) >= 11 is 1.52. The van der Waals surface area contributed by atoms with Gasteiger partial charge in [-0.05, 0) is 43.7 Å². The lowest BCUT2D eigenvalue weighted by Crippen LogP contribution is -2.33. The molecule has 2 aromatic carbocycles.